The molecule has 4 unspecified atom stereocenters. The largest absolute Gasteiger partial charge is 0.491 e. The molecule has 2 heterocycles. The van der Waals surface area contributed by atoms with Crippen molar-refractivity contribution < 1.29 is 33.2 Å². The van der Waals surface area contributed by atoms with Crippen molar-refractivity contribution in [3.8, 4) is 23.0 Å². The van der Waals surface area contributed by atoms with Crippen molar-refractivity contribution in [1.29, 1.82) is 0 Å². The lowest BCUT2D eigenvalue weighted by Crippen LogP contribution is -2.25. The van der Waals surface area contributed by atoms with Gasteiger partial charge in [0.2, 0.25) is 0 Å². The molecule has 0 N–H and O–H groups in total. The summed E-state index contributed by atoms with van der Waals surface area (Å²) in [5, 5.41) is 0. The summed E-state index contributed by atoms with van der Waals surface area (Å²) < 4.78 is 39.6. The summed E-state index contributed by atoms with van der Waals surface area (Å²) in [6.45, 7) is 7.62. The second-order valence-corrected chi connectivity index (χ2v) is 11.6. The van der Waals surface area contributed by atoms with E-state index in [1.54, 1.807) is 0 Å². The summed E-state index contributed by atoms with van der Waals surface area (Å²) >= 11 is 0. The first kappa shape index (κ1) is 32.2. The molecule has 9 nitrogen and oxygen atoms in total. The molecule has 2 fully saturated rings. The first-order valence-electron chi connectivity index (χ1n) is 15.9. The summed E-state index contributed by atoms with van der Waals surface area (Å²) in [5.74, 6) is 3.19. The number of rotatable bonds is 18. The van der Waals surface area contributed by atoms with Crippen molar-refractivity contribution in [1.82, 2.24) is 0 Å². The Labute approximate surface area is 275 Å². The highest BCUT2D eigenvalue weighted by molar-refractivity contribution is 5.82. The van der Waals surface area contributed by atoms with Gasteiger partial charge in [-0.25, -0.2) is 0 Å². The third kappa shape index (κ3) is 11.2. The molecular formula is C38H40N2O7. The van der Waals surface area contributed by atoms with Crippen molar-refractivity contribution in [3.63, 3.8) is 0 Å². The Morgan fingerprint density at radius 3 is 1.30 bits per heavy atom. The summed E-state index contributed by atoms with van der Waals surface area (Å²) in [6, 6.07) is 31.1. The summed E-state index contributed by atoms with van der Waals surface area (Å²) in [7, 11) is 0. The molecule has 4 aromatic rings. The third-order valence-electron chi connectivity index (χ3n) is 7.22. The van der Waals surface area contributed by atoms with Crippen LogP contribution in [-0.2, 0) is 14.2 Å². The predicted molar refractivity (Wildman–Crippen MR) is 182 cm³/mol. The van der Waals surface area contributed by atoms with Crippen LogP contribution in [0.15, 0.2) is 107 Å². The average molecular weight is 637 g/mol. The van der Waals surface area contributed by atoms with E-state index < -0.39 is 0 Å². The molecular weight excluding hydrogens is 596 g/mol. The first-order chi connectivity index (χ1) is 23.0. The normalized spacial score (nSPS) is 18.2. The lowest BCUT2D eigenvalue weighted by Gasteiger charge is -2.18. The molecule has 0 aromatic heterocycles. The monoisotopic (exact) mass is 636 g/mol. The van der Waals surface area contributed by atoms with Crippen LogP contribution in [-0.4, -0.2) is 76.5 Å². The van der Waals surface area contributed by atoms with Gasteiger partial charge in [-0.3, -0.25) is 9.98 Å². The lowest BCUT2D eigenvalue weighted by atomic mass is 10.2. The van der Waals surface area contributed by atoms with Crippen LogP contribution >= 0.6 is 0 Å². The molecule has 2 aliphatic rings. The van der Waals surface area contributed by atoms with E-state index in [9.17, 15) is 0 Å². The Bertz CT molecular complexity index is 1460. The Kier molecular flexibility index (Phi) is 11.1. The zero-order valence-electron chi connectivity index (χ0n) is 26.7. The number of hydrogen-bond acceptors (Lipinski definition) is 9. The standard InChI is InChI=1S/C38H40N2O7/c1-27(46-35-11-3-29(4-12-35)19-39-31-7-15-33(16-8-31)42-23-37-25-44-37)21-41-22-28(2)47-36-13-5-30(6-14-36)20-40-32-9-17-34(18-10-32)43-24-38-26-45-38/h3-20,27-28,37-38H,21-26H2,1-2H3. The van der Waals surface area contributed by atoms with Crippen LogP contribution in [0.2, 0.25) is 0 Å². The number of benzene rings is 4. The number of epoxide rings is 2. The molecule has 0 saturated carbocycles. The quantitative estimate of drug-likeness (QED) is 0.0858. The maximum absolute atomic E-state index is 6.03. The number of nitrogens with zero attached hydrogens (tertiary/aromatic N) is 2. The van der Waals surface area contributed by atoms with Gasteiger partial charge in [0.1, 0.15) is 60.6 Å². The van der Waals surface area contributed by atoms with Crippen LogP contribution in [0, 0.1) is 0 Å². The average Bonchev–Trinajstić information content (AvgIpc) is 4.03. The van der Waals surface area contributed by atoms with Crippen LogP contribution in [0.5, 0.6) is 23.0 Å². The first-order valence-corrected chi connectivity index (χ1v) is 15.9. The fourth-order valence-electron chi connectivity index (χ4n) is 4.46. The van der Waals surface area contributed by atoms with Crippen LogP contribution in [0.25, 0.3) is 0 Å². The predicted octanol–water partition coefficient (Wildman–Crippen LogP) is 6.99. The van der Waals surface area contributed by atoms with Crippen molar-refractivity contribution in [2.45, 2.75) is 38.3 Å². The molecule has 244 valence electrons. The van der Waals surface area contributed by atoms with Crippen LogP contribution in [0.1, 0.15) is 25.0 Å². The fourth-order valence-corrected chi connectivity index (χ4v) is 4.46. The lowest BCUT2D eigenvalue weighted by molar-refractivity contribution is 0.0188. The Balaban J connectivity index is 0.862. The highest BCUT2D eigenvalue weighted by Crippen LogP contribution is 2.22. The molecule has 2 saturated heterocycles. The SMILES string of the molecule is CC(COCC(C)Oc1ccc(C=Nc2ccc(OCC3CO3)cc2)cc1)Oc1ccc(C=Nc2ccc(OCC3CO3)cc2)cc1. The Hall–Kier alpha value is -4.70. The molecule has 4 aromatic carbocycles. The van der Waals surface area contributed by atoms with Crippen molar-refractivity contribution in [2.24, 2.45) is 9.98 Å². The maximum Gasteiger partial charge on any atom is 0.119 e. The van der Waals surface area contributed by atoms with Crippen LogP contribution < -0.4 is 18.9 Å². The molecule has 2 aliphatic heterocycles. The molecule has 4 atom stereocenters. The highest BCUT2D eigenvalue weighted by Gasteiger charge is 2.23. The van der Waals surface area contributed by atoms with Crippen molar-refractivity contribution in [2.75, 3.05) is 39.6 Å². The van der Waals surface area contributed by atoms with Gasteiger partial charge in [-0.05, 0) is 122 Å². The second kappa shape index (κ2) is 16.2. The summed E-state index contributed by atoms with van der Waals surface area (Å²) in [5.41, 5.74) is 3.68. The van der Waals surface area contributed by atoms with Crippen LogP contribution in [0.4, 0.5) is 11.4 Å². The van der Waals surface area contributed by atoms with E-state index in [-0.39, 0.29) is 24.4 Å². The molecule has 0 radical (unpaired) electrons. The minimum atomic E-state index is -0.117. The van der Waals surface area contributed by atoms with Gasteiger partial charge in [-0.1, -0.05) is 0 Å². The van der Waals surface area contributed by atoms with Gasteiger partial charge < -0.3 is 33.2 Å². The van der Waals surface area contributed by atoms with Gasteiger partial charge in [0.15, 0.2) is 0 Å². The number of ether oxygens (including phenoxy) is 7. The molecule has 0 spiro atoms. The van der Waals surface area contributed by atoms with E-state index in [1.807, 2.05) is 123 Å². The minimum absolute atomic E-state index is 0.117. The molecule has 47 heavy (non-hydrogen) atoms. The van der Waals surface area contributed by atoms with E-state index in [0.717, 1.165) is 58.7 Å². The Morgan fingerprint density at radius 2 is 0.936 bits per heavy atom. The zero-order valence-corrected chi connectivity index (χ0v) is 26.7. The topological polar surface area (TPSA) is 95.9 Å². The third-order valence-corrected chi connectivity index (χ3v) is 7.22. The van der Waals surface area contributed by atoms with Crippen LogP contribution in [0.3, 0.4) is 0 Å². The molecule has 9 heteroatoms. The van der Waals surface area contributed by atoms with Gasteiger partial charge in [0.05, 0.1) is 37.8 Å². The highest BCUT2D eigenvalue weighted by atomic mass is 16.6. The summed E-state index contributed by atoms with van der Waals surface area (Å²) in [4.78, 5) is 9.10. The van der Waals surface area contributed by atoms with Gasteiger partial charge in [-0.2, -0.15) is 0 Å². The van der Waals surface area contributed by atoms with Gasteiger partial charge in [-0.15, -0.1) is 0 Å². The van der Waals surface area contributed by atoms with Crippen molar-refractivity contribution >= 4 is 23.8 Å². The van der Waals surface area contributed by atoms with E-state index in [2.05, 4.69) is 9.98 Å². The molecule has 6 rings (SSSR count). The van der Waals surface area contributed by atoms with E-state index in [1.165, 1.54) is 0 Å². The zero-order chi connectivity index (χ0) is 32.3. The molecule has 0 bridgehead atoms. The van der Waals surface area contributed by atoms with Gasteiger partial charge >= 0.3 is 0 Å². The minimum Gasteiger partial charge on any atom is -0.491 e. The number of aliphatic imine (C=N–C) groups is 2. The Morgan fingerprint density at radius 1 is 0.574 bits per heavy atom. The van der Waals surface area contributed by atoms with Crippen molar-refractivity contribution in [3.05, 3.63) is 108 Å². The van der Waals surface area contributed by atoms with E-state index in [4.69, 9.17) is 33.2 Å². The van der Waals surface area contributed by atoms with Gasteiger partial charge in [0.25, 0.3) is 0 Å². The van der Waals surface area contributed by atoms with E-state index in [0.29, 0.717) is 26.4 Å². The number of hydrogen-bond donors (Lipinski definition) is 0. The molecule has 0 amide bonds. The fraction of sp³-hybridized carbons (Fsp3) is 0.316. The van der Waals surface area contributed by atoms with E-state index >= 15 is 0 Å². The molecule has 0 aliphatic carbocycles. The summed E-state index contributed by atoms with van der Waals surface area (Å²) in [6.07, 6.45) is 3.91. The smallest absolute Gasteiger partial charge is 0.119 e. The second-order valence-electron chi connectivity index (χ2n) is 11.6. The van der Waals surface area contributed by atoms with Gasteiger partial charge in [0, 0.05) is 12.4 Å². The maximum atomic E-state index is 6.03.